The van der Waals surface area contributed by atoms with Crippen molar-refractivity contribution in [2.75, 3.05) is 20.6 Å². The zero-order chi connectivity index (χ0) is 13.5. The number of aliphatic imine (C=N–C) groups is 1. The Bertz CT molecular complexity index is 384. The molecular weight excluding hydrogens is 371 g/mol. The van der Waals surface area contributed by atoms with Crippen LogP contribution < -0.4 is 5.32 Å². The molecule has 0 aromatic carbocycles. The summed E-state index contributed by atoms with van der Waals surface area (Å²) in [4.78, 5) is 12.3. The fourth-order valence-electron chi connectivity index (χ4n) is 1.66. The molecule has 0 fully saturated rings. The number of aryl methyl sites for hydroxylation is 2. The smallest absolute Gasteiger partial charge is 0.193 e. The number of aromatic nitrogens is 1. The van der Waals surface area contributed by atoms with Gasteiger partial charge in [-0.05, 0) is 20.3 Å². The Morgan fingerprint density at radius 3 is 2.58 bits per heavy atom. The molecule has 0 aliphatic rings. The Labute approximate surface area is 137 Å². The number of hydrogen-bond donors (Lipinski definition) is 1. The van der Waals surface area contributed by atoms with Gasteiger partial charge in [-0.2, -0.15) is 0 Å². The monoisotopic (exact) mass is 396 g/mol. The van der Waals surface area contributed by atoms with Crippen molar-refractivity contribution in [3.63, 3.8) is 0 Å². The number of unbranched alkanes of at least 4 members (excludes halogenated alkanes) is 1. The molecule has 0 unspecified atom stereocenters. The number of guanidine groups is 1. The molecule has 0 bridgehead atoms. The lowest BCUT2D eigenvalue weighted by Crippen LogP contribution is -2.38. The molecule has 1 rings (SSSR count). The zero-order valence-electron chi connectivity index (χ0n) is 12.5. The predicted molar refractivity (Wildman–Crippen MR) is 94.7 cm³/mol. The zero-order valence-corrected chi connectivity index (χ0v) is 15.6. The fraction of sp³-hybridized carbons (Fsp3) is 0.692. The van der Waals surface area contributed by atoms with E-state index in [-0.39, 0.29) is 24.0 Å². The van der Waals surface area contributed by atoms with Gasteiger partial charge in [0.25, 0.3) is 0 Å². The summed E-state index contributed by atoms with van der Waals surface area (Å²) in [7, 11) is 3.90. The number of halogens is 1. The molecule has 19 heavy (non-hydrogen) atoms. The van der Waals surface area contributed by atoms with Crippen molar-refractivity contribution in [1.29, 1.82) is 0 Å². The van der Waals surface area contributed by atoms with Gasteiger partial charge in [-0.25, -0.2) is 4.98 Å². The Kier molecular flexibility index (Phi) is 9.34. The Morgan fingerprint density at radius 2 is 2.11 bits per heavy atom. The van der Waals surface area contributed by atoms with Gasteiger partial charge < -0.3 is 10.2 Å². The van der Waals surface area contributed by atoms with Crippen LogP contribution in [0.3, 0.4) is 0 Å². The first kappa shape index (κ1) is 18.6. The van der Waals surface area contributed by atoms with E-state index in [1.54, 1.807) is 11.3 Å². The van der Waals surface area contributed by atoms with E-state index in [0.29, 0.717) is 0 Å². The highest BCUT2D eigenvalue weighted by molar-refractivity contribution is 14.0. The molecule has 0 saturated carbocycles. The molecular formula is C13H25IN4S. The van der Waals surface area contributed by atoms with E-state index < -0.39 is 0 Å². The summed E-state index contributed by atoms with van der Waals surface area (Å²) in [5.41, 5.74) is 1.13. The summed E-state index contributed by atoms with van der Waals surface area (Å²) in [6.07, 6.45) is 2.39. The number of nitrogens with zero attached hydrogens (tertiary/aromatic N) is 3. The van der Waals surface area contributed by atoms with Crippen molar-refractivity contribution in [3.8, 4) is 0 Å². The van der Waals surface area contributed by atoms with Crippen molar-refractivity contribution in [1.82, 2.24) is 15.2 Å². The normalized spacial score (nSPS) is 11.1. The van der Waals surface area contributed by atoms with E-state index in [1.165, 1.54) is 17.7 Å². The van der Waals surface area contributed by atoms with Crippen LogP contribution in [0.25, 0.3) is 0 Å². The average molecular weight is 396 g/mol. The first-order valence-corrected chi connectivity index (χ1v) is 7.24. The van der Waals surface area contributed by atoms with Gasteiger partial charge in [0, 0.05) is 25.5 Å². The van der Waals surface area contributed by atoms with Gasteiger partial charge in [0.2, 0.25) is 0 Å². The van der Waals surface area contributed by atoms with E-state index >= 15 is 0 Å². The summed E-state index contributed by atoms with van der Waals surface area (Å²) in [6.45, 7) is 8.15. The lowest BCUT2D eigenvalue weighted by molar-refractivity contribution is 0.464. The van der Waals surface area contributed by atoms with Gasteiger partial charge in [-0.3, -0.25) is 4.99 Å². The first-order chi connectivity index (χ1) is 8.58. The van der Waals surface area contributed by atoms with Crippen LogP contribution in [0.2, 0.25) is 0 Å². The van der Waals surface area contributed by atoms with Gasteiger partial charge in [0.05, 0.1) is 12.2 Å². The van der Waals surface area contributed by atoms with E-state index in [4.69, 9.17) is 0 Å². The molecule has 0 aliphatic heterocycles. The second-order valence-electron chi connectivity index (χ2n) is 4.43. The van der Waals surface area contributed by atoms with Crippen LogP contribution in [0.4, 0.5) is 0 Å². The number of hydrogen-bond acceptors (Lipinski definition) is 3. The molecule has 0 amide bonds. The molecule has 6 heteroatoms. The van der Waals surface area contributed by atoms with Gasteiger partial charge in [-0.1, -0.05) is 13.3 Å². The molecule has 1 aromatic rings. The van der Waals surface area contributed by atoms with Crippen LogP contribution in [0.1, 0.15) is 35.3 Å². The van der Waals surface area contributed by atoms with Crippen LogP contribution in [-0.4, -0.2) is 36.5 Å². The molecule has 4 nitrogen and oxygen atoms in total. The maximum atomic E-state index is 4.52. The molecule has 1 N–H and O–H groups in total. The summed E-state index contributed by atoms with van der Waals surface area (Å²) < 4.78 is 0. The molecule has 1 heterocycles. The highest BCUT2D eigenvalue weighted by Gasteiger charge is 2.07. The number of rotatable bonds is 5. The van der Waals surface area contributed by atoms with E-state index in [1.807, 2.05) is 7.05 Å². The van der Waals surface area contributed by atoms with Crippen LogP contribution in [0.15, 0.2) is 4.99 Å². The quantitative estimate of drug-likeness (QED) is 0.472. The second kappa shape index (κ2) is 9.52. The minimum Gasteiger partial charge on any atom is -0.350 e. The molecule has 110 valence electrons. The second-order valence-corrected chi connectivity index (χ2v) is 5.71. The predicted octanol–water partition coefficient (Wildman–Crippen LogP) is 3.19. The summed E-state index contributed by atoms with van der Waals surface area (Å²) in [5, 5.41) is 4.48. The van der Waals surface area contributed by atoms with E-state index in [2.05, 4.69) is 48.0 Å². The van der Waals surface area contributed by atoms with Crippen LogP contribution in [-0.2, 0) is 6.54 Å². The minimum absolute atomic E-state index is 0. The van der Waals surface area contributed by atoms with E-state index in [0.717, 1.165) is 29.8 Å². The van der Waals surface area contributed by atoms with Crippen molar-refractivity contribution >= 4 is 41.3 Å². The maximum absolute atomic E-state index is 4.52. The average Bonchev–Trinajstić information content (AvgIpc) is 2.67. The number of nitrogens with one attached hydrogen (secondary N) is 1. The molecule has 0 radical (unpaired) electrons. The fourth-order valence-corrected chi connectivity index (χ4v) is 2.53. The molecule has 0 spiro atoms. The lowest BCUT2D eigenvalue weighted by Gasteiger charge is -2.21. The first-order valence-electron chi connectivity index (χ1n) is 6.43. The van der Waals surface area contributed by atoms with Crippen LogP contribution in [0.5, 0.6) is 0 Å². The van der Waals surface area contributed by atoms with Gasteiger partial charge in [0.15, 0.2) is 5.96 Å². The molecule has 0 saturated heterocycles. The SMILES string of the molecule is CCCCN(C)C(=NC)NCc1nc(C)c(C)s1.I. The molecule has 1 aromatic heterocycles. The van der Waals surface area contributed by atoms with Crippen molar-refractivity contribution in [2.24, 2.45) is 4.99 Å². The van der Waals surface area contributed by atoms with Crippen LogP contribution in [0, 0.1) is 13.8 Å². The van der Waals surface area contributed by atoms with Gasteiger partial charge in [-0.15, -0.1) is 35.3 Å². The third-order valence-corrected chi connectivity index (χ3v) is 3.96. The largest absolute Gasteiger partial charge is 0.350 e. The lowest BCUT2D eigenvalue weighted by atomic mass is 10.3. The summed E-state index contributed by atoms with van der Waals surface area (Å²) in [5.74, 6) is 0.939. The Morgan fingerprint density at radius 1 is 1.42 bits per heavy atom. The van der Waals surface area contributed by atoms with Crippen molar-refractivity contribution in [3.05, 3.63) is 15.6 Å². The highest BCUT2D eigenvalue weighted by atomic mass is 127. The standard InChI is InChI=1S/C13H24N4S.HI/c1-6-7-8-17(5)13(14-4)15-9-12-16-10(2)11(3)18-12;/h6-9H2,1-5H3,(H,14,15);1H. The summed E-state index contributed by atoms with van der Waals surface area (Å²) >= 11 is 1.75. The minimum atomic E-state index is 0. The molecule has 0 atom stereocenters. The van der Waals surface area contributed by atoms with Crippen molar-refractivity contribution < 1.29 is 0 Å². The third kappa shape index (κ3) is 6.07. The van der Waals surface area contributed by atoms with Gasteiger partial charge in [0.1, 0.15) is 5.01 Å². The molecule has 0 aliphatic carbocycles. The highest BCUT2D eigenvalue weighted by Crippen LogP contribution is 2.15. The van der Waals surface area contributed by atoms with Crippen LogP contribution >= 0.6 is 35.3 Å². The topological polar surface area (TPSA) is 40.5 Å². The van der Waals surface area contributed by atoms with Gasteiger partial charge >= 0.3 is 0 Å². The maximum Gasteiger partial charge on any atom is 0.193 e. The third-order valence-electron chi connectivity index (χ3n) is 2.89. The summed E-state index contributed by atoms with van der Waals surface area (Å²) in [6, 6.07) is 0. The van der Waals surface area contributed by atoms with E-state index in [9.17, 15) is 0 Å². The number of thiazole rings is 1. The van der Waals surface area contributed by atoms with Crippen molar-refractivity contribution in [2.45, 2.75) is 40.2 Å². The Hall–Kier alpha value is -0.370. The Balaban J connectivity index is 0.00000324.